The lowest BCUT2D eigenvalue weighted by atomic mass is 9.80. The molecule has 0 saturated carbocycles. The van der Waals surface area contributed by atoms with Gasteiger partial charge in [-0.15, -0.1) is 0 Å². The minimum absolute atomic E-state index is 0.132. The zero-order chi connectivity index (χ0) is 31.5. The van der Waals surface area contributed by atoms with Crippen LogP contribution in [0.15, 0.2) is 170 Å². The topological polar surface area (TPSA) is 0 Å². The van der Waals surface area contributed by atoms with Crippen LogP contribution in [0.5, 0.6) is 0 Å². The lowest BCUT2D eigenvalue weighted by Crippen LogP contribution is -2.15. The van der Waals surface area contributed by atoms with Crippen molar-refractivity contribution in [3.05, 3.63) is 181 Å². The first-order valence-corrected chi connectivity index (χ1v) is 16.5. The van der Waals surface area contributed by atoms with E-state index in [0.717, 1.165) is 0 Å². The first-order chi connectivity index (χ1) is 23.0. The van der Waals surface area contributed by atoms with Crippen LogP contribution in [0.1, 0.15) is 25.0 Å². The highest BCUT2D eigenvalue weighted by atomic mass is 14.4. The van der Waals surface area contributed by atoms with Crippen LogP contribution in [0.3, 0.4) is 0 Å². The van der Waals surface area contributed by atoms with Crippen molar-refractivity contribution in [3.63, 3.8) is 0 Å². The van der Waals surface area contributed by atoms with Gasteiger partial charge in [0.15, 0.2) is 0 Å². The summed E-state index contributed by atoms with van der Waals surface area (Å²) in [5.74, 6) is 0. The number of rotatable bonds is 4. The van der Waals surface area contributed by atoms with Crippen molar-refractivity contribution >= 4 is 21.5 Å². The molecule has 222 valence electrons. The van der Waals surface area contributed by atoms with Crippen LogP contribution in [0.2, 0.25) is 0 Å². The molecule has 0 aliphatic heterocycles. The highest BCUT2D eigenvalue weighted by molar-refractivity contribution is 5.95. The van der Waals surface area contributed by atoms with E-state index in [2.05, 4.69) is 184 Å². The van der Waals surface area contributed by atoms with Gasteiger partial charge < -0.3 is 0 Å². The summed E-state index contributed by atoms with van der Waals surface area (Å²) in [4.78, 5) is 0. The summed E-state index contributed by atoms with van der Waals surface area (Å²) in [6, 6.07) is 62.7. The fourth-order valence-electron chi connectivity index (χ4n) is 7.76. The summed E-state index contributed by atoms with van der Waals surface area (Å²) in [5, 5.41) is 5.07. The average molecular weight is 599 g/mol. The van der Waals surface area contributed by atoms with E-state index in [9.17, 15) is 0 Å². The Bertz CT molecular complexity index is 2320. The third-order valence-corrected chi connectivity index (χ3v) is 10.3. The molecule has 0 fully saturated rings. The molecule has 47 heavy (non-hydrogen) atoms. The number of fused-ring (bicyclic) bond motifs is 5. The van der Waals surface area contributed by atoms with Crippen molar-refractivity contribution in [1.29, 1.82) is 0 Å². The van der Waals surface area contributed by atoms with Crippen molar-refractivity contribution in [2.75, 3.05) is 0 Å². The third kappa shape index (κ3) is 4.52. The van der Waals surface area contributed by atoms with E-state index >= 15 is 0 Å². The van der Waals surface area contributed by atoms with E-state index in [4.69, 9.17) is 0 Å². The Labute approximate surface area is 276 Å². The van der Waals surface area contributed by atoms with Crippen LogP contribution in [0, 0.1) is 0 Å². The van der Waals surface area contributed by atoms with E-state index in [1.165, 1.54) is 88.3 Å². The normalized spacial score (nSPS) is 13.1. The first-order valence-electron chi connectivity index (χ1n) is 16.5. The molecule has 1 aliphatic carbocycles. The molecule has 8 aromatic rings. The SMILES string of the molecule is CC1(C)c2cc(-c3ccccc3-c3ccc4ccccc4c3)ccc2-c2ccc(-c3ccccc3-c3ccc4ccccc4c3)cc21. The van der Waals surface area contributed by atoms with Gasteiger partial charge in [0.25, 0.3) is 0 Å². The summed E-state index contributed by atoms with van der Waals surface area (Å²) in [5.41, 5.74) is 15.4. The zero-order valence-electron chi connectivity index (χ0n) is 26.7. The number of hydrogen-bond donors (Lipinski definition) is 0. The van der Waals surface area contributed by atoms with Gasteiger partial charge in [-0.05, 0) is 113 Å². The molecule has 0 nitrogen and oxygen atoms in total. The molecule has 0 saturated heterocycles. The molecular formula is C47H34. The molecular weight excluding hydrogens is 565 g/mol. The second kappa shape index (κ2) is 10.7. The monoisotopic (exact) mass is 598 g/mol. The van der Waals surface area contributed by atoms with Gasteiger partial charge in [-0.1, -0.05) is 159 Å². The van der Waals surface area contributed by atoms with Gasteiger partial charge in [0.05, 0.1) is 0 Å². The lowest BCUT2D eigenvalue weighted by Gasteiger charge is -2.23. The molecule has 0 heteroatoms. The Morgan fingerprint density at radius 2 is 0.596 bits per heavy atom. The van der Waals surface area contributed by atoms with Crippen molar-refractivity contribution in [2.45, 2.75) is 19.3 Å². The summed E-state index contributed by atoms with van der Waals surface area (Å²) in [6.45, 7) is 4.77. The summed E-state index contributed by atoms with van der Waals surface area (Å²) < 4.78 is 0. The summed E-state index contributed by atoms with van der Waals surface area (Å²) in [7, 11) is 0. The van der Waals surface area contributed by atoms with Crippen LogP contribution in [-0.2, 0) is 5.41 Å². The molecule has 0 heterocycles. The highest BCUT2D eigenvalue weighted by Crippen LogP contribution is 2.51. The first kappa shape index (κ1) is 27.6. The molecule has 0 atom stereocenters. The van der Waals surface area contributed by atoms with E-state index in [-0.39, 0.29) is 5.41 Å². The second-order valence-electron chi connectivity index (χ2n) is 13.4. The van der Waals surface area contributed by atoms with E-state index in [1.54, 1.807) is 0 Å². The van der Waals surface area contributed by atoms with Crippen LogP contribution in [0.4, 0.5) is 0 Å². The van der Waals surface area contributed by atoms with Crippen LogP contribution in [0.25, 0.3) is 77.2 Å². The smallest absolute Gasteiger partial charge is 0.0159 e. The van der Waals surface area contributed by atoms with E-state index < -0.39 is 0 Å². The van der Waals surface area contributed by atoms with Gasteiger partial charge in [-0.25, -0.2) is 0 Å². The van der Waals surface area contributed by atoms with Gasteiger partial charge in [0.1, 0.15) is 0 Å². The van der Waals surface area contributed by atoms with E-state index in [1.807, 2.05) is 0 Å². The van der Waals surface area contributed by atoms with E-state index in [0.29, 0.717) is 0 Å². The van der Waals surface area contributed by atoms with Gasteiger partial charge in [-0.3, -0.25) is 0 Å². The Morgan fingerprint density at radius 1 is 0.277 bits per heavy atom. The molecule has 0 N–H and O–H groups in total. The van der Waals surface area contributed by atoms with Crippen molar-refractivity contribution < 1.29 is 0 Å². The van der Waals surface area contributed by atoms with Crippen LogP contribution < -0.4 is 0 Å². The molecule has 0 unspecified atom stereocenters. The van der Waals surface area contributed by atoms with Gasteiger partial charge in [0, 0.05) is 5.41 Å². The number of benzene rings is 8. The van der Waals surface area contributed by atoms with Gasteiger partial charge >= 0.3 is 0 Å². The summed E-state index contributed by atoms with van der Waals surface area (Å²) in [6.07, 6.45) is 0. The van der Waals surface area contributed by atoms with Crippen molar-refractivity contribution in [1.82, 2.24) is 0 Å². The minimum Gasteiger partial charge on any atom is -0.0616 e. The minimum atomic E-state index is -0.132. The Hall–Kier alpha value is -5.72. The lowest BCUT2D eigenvalue weighted by molar-refractivity contribution is 0.661. The summed E-state index contributed by atoms with van der Waals surface area (Å²) >= 11 is 0. The zero-order valence-corrected chi connectivity index (χ0v) is 26.7. The fourth-order valence-corrected chi connectivity index (χ4v) is 7.76. The van der Waals surface area contributed by atoms with Gasteiger partial charge in [-0.2, -0.15) is 0 Å². The molecule has 8 aromatic carbocycles. The van der Waals surface area contributed by atoms with Crippen molar-refractivity contribution in [3.8, 4) is 55.6 Å². The highest BCUT2D eigenvalue weighted by Gasteiger charge is 2.36. The van der Waals surface area contributed by atoms with Crippen LogP contribution in [-0.4, -0.2) is 0 Å². The van der Waals surface area contributed by atoms with Crippen molar-refractivity contribution in [2.24, 2.45) is 0 Å². The quantitative estimate of drug-likeness (QED) is 0.189. The Balaban J connectivity index is 1.12. The maximum atomic E-state index is 2.44. The largest absolute Gasteiger partial charge is 0.0616 e. The van der Waals surface area contributed by atoms with Crippen LogP contribution >= 0.6 is 0 Å². The Morgan fingerprint density at radius 3 is 1.00 bits per heavy atom. The maximum Gasteiger partial charge on any atom is 0.0159 e. The predicted octanol–water partition coefficient (Wildman–Crippen LogP) is 13.0. The fraction of sp³-hybridized carbons (Fsp3) is 0.0638. The molecule has 0 aromatic heterocycles. The predicted molar refractivity (Wildman–Crippen MR) is 201 cm³/mol. The molecule has 0 radical (unpaired) electrons. The maximum absolute atomic E-state index is 2.44. The molecule has 1 aliphatic rings. The molecule has 9 rings (SSSR count). The standard InChI is InChI=1S/C47H34/c1-47(2)45-29-37(41-17-9-7-15-39(41)35-21-19-31-11-3-5-13-33(31)27-35)23-25-43(45)44-26-24-38(30-46(44)47)42-18-10-8-16-40(42)36-22-20-32-12-4-6-14-34(32)28-36/h3-30H,1-2H3. The number of hydrogen-bond acceptors (Lipinski definition) is 0. The Kier molecular flexibility index (Phi) is 6.27. The average Bonchev–Trinajstić information content (AvgIpc) is 3.36. The molecule has 0 spiro atoms. The molecule has 0 amide bonds. The molecule has 0 bridgehead atoms. The second-order valence-corrected chi connectivity index (χ2v) is 13.4. The van der Waals surface area contributed by atoms with Gasteiger partial charge in [0.2, 0.25) is 0 Å². The third-order valence-electron chi connectivity index (χ3n) is 10.3.